The summed E-state index contributed by atoms with van der Waals surface area (Å²) < 4.78 is 45.8. The number of ether oxygens (including phenoxy) is 1. The van der Waals surface area contributed by atoms with Gasteiger partial charge < -0.3 is 14.5 Å². The Morgan fingerprint density at radius 2 is 1.81 bits per heavy atom. The molecule has 0 saturated carbocycles. The molecule has 1 fully saturated rings. The number of likely N-dealkylation sites (N-methyl/N-ethyl adjacent to an activating group) is 1. The summed E-state index contributed by atoms with van der Waals surface area (Å²) >= 11 is 0. The number of piperidine rings is 1. The van der Waals surface area contributed by atoms with Gasteiger partial charge in [-0.2, -0.15) is 22.9 Å². The number of likely N-dealkylation sites (tertiary alicyclic amines) is 1. The summed E-state index contributed by atoms with van der Waals surface area (Å²) in [6.45, 7) is 1.44. The molecule has 0 atom stereocenters. The van der Waals surface area contributed by atoms with E-state index in [4.69, 9.17) is 4.74 Å². The largest absolute Gasteiger partial charge is 0.484 e. The Morgan fingerprint density at radius 3 is 2.44 bits per heavy atom. The van der Waals surface area contributed by atoms with E-state index in [2.05, 4.69) is 20.2 Å². The van der Waals surface area contributed by atoms with Crippen LogP contribution in [0.2, 0.25) is 0 Å². The van der Waals surface area contributed by atoms with Crippen molar-refractivity contribution in [2.24, 2.45) is 5.10 Å². The number of aryl methyl sites for hydroxylation is 1. The van der Waals surface area contributed by atoms with E-state index in [1.165, 1.54) is 10.5 Å². The molecule has 1 aromatic heterocycles. The van der Waals surface area contributed by atoms with Crippen LogP contribution < -0.4 is 4.74 Å². The van der Waals surface area contributed by atoms with Crippen LogP contribution in [0.3, 0.4) is 0 Å². The van der Waals surface area contributed by atoms with Crippen molar-refractivity contribution in [3.05, 3.63) is 41.5 Å². The number of aromatic nitrogens is 3. The molecule has 1 saturated heterocycles. The second-order valence-electron chi connectivity index (χ2n) is 8.17. The SMILES string of the molecule is CN(C)C(=O)COc1ccc(C2CCN(C3=Nn4c(nnc4C(F)(F)F)CC3)CC2)cc1. The lowest BCUT2D eigenvalue weighted by atomic mass is 9.89. The minimum absolute atomic E-state index is 0.00293. The lowest BCUT2D eigenvalue weighted by molar-refractivity contribution is -0.147. The van der Waals surface area contributed by atoms with Crippen LogP contribution in [-0.4, -0.2) is 70.2 Å². The molecule has 0 radical (unpaired) electrons. The van der Waals surface area contributed by atoms with Gasteiger partial charge in [0.25, 0.3) is 11.7 Å². The van der Waals surface area contributed by atoms with E-state index < -0.39 is 12.0 Å². The van der Waals surface area contributed by atoms with Gasteiger partial charge >= 0.3 is 6.18 Å². The van der Waals surface area contributed by atoms with Crippen LogP contribution in [-0.2, 0) is 17.4 Å². The smallest absolute Gasteiger partial charge is 0.453 e. The molecule has 0 N–H and O–H groups in total. The number of alkyl halides is 3. The highest BCUT2D eigenvalue weighted by Crippen LogP contribution is 2.32. The number of hydrogen-bond acceptors (Lipinski definition) is 6. The summed E-state index contributed by atoms with van der Waals surface area (Å²) in [5.41, 5.74) is 1.18. The Labute approximate surface area is 183 Å². The van der Waals surface area contributed by atoms with Crippen LogP contribution in [0.5, 0.6) is 5.75 Å². The molecule has 0 unspecified atom stereocenters. The highest BCUT2D eigenvalue weighted by Gasteiger charge is 2.40. The maximum Gasteiger partial charge on any atom is 0.453 e. The third-order valence-corrected chi connectivity index (χ3v) is 5.82. The monoisotopic (exact) mass is 450 g/mol. The van der Waals surface area contributed by atoms with Gasteiger partial charge in [0.05, 0.1) is 0 Å². The van der Waals surface area contributed by atoms with Gasteiger partial charge in [-0.15, -0.1) is 10.2 Å². The van der Waals surface area contributed by atoms with Gasteiger partial charge in [-0.05, 0) is 36.5 Å². The van der Waals surface area contributed by atoms with Crippen LogP contribution in [0.25, 0.3) is 0 Å². The summed E-state index contributed by atoms with van der Waals surface area (Å²) in [5, 5.41) is 11.1. The third-order valence-electron chi connectivity index (χ3n) is 5.82. The van der Waals surface area contributed by atoms with E-state index in [-0.39, 0.29) is 18.3 Å². The van der Waals surface area contributed by atoms with Crippen molar-refractivity contribution in [1.82, 2.24) is 24.7 Å². The van der Waals surface area contributed by atoms with Crippen molar-refractivity contribution < 1.29 is 22.7 Å². The molecule has 0 spiro atoms. The van der Waals surface area contributed by atoms with Crippen LogP contribution in [0.1, 0.15) is 42.4 Å². The fourth-order valence-corrected chi connectivity index (χ4v) is 3.94. The average molecular weight is 450 g/mol. The highest BCUT2D eigenvalue weighted by atomic mass is 19.4. The Hall–Kier alpha value is -3.11. The van der Waals surface area contributed by atoms with Gasteiger partial charge in [0.2, 0.25) is 0 Å². The number of amidine groups is 1. The first-order valence-electron chi connectivity index (χ1n) is 10.5. The van der Waals surface area contributed by atoms with Crippen LogP contribution in [0.4, 0.5) is 13.2 Å². The van der Waals surface area contributed by atoms with Crippen molar-refractivity contribution in [3.8, 4) is 5.75 Å². The zero-order valence-electron chi connectivity index (χ0n) is 18.0. The molecule has 2 aliphatic rings. The molecule has 2 aromatic rings. The first-order valence-corrected chi connectivity index (χ1v) is 10.5. The summed E-state index contributed by atoms with van der Waals surface area (Å²) in [5.74, 6) is 0.704. The maximum atomic E-state index is 13.1. The maximum absolute atomic E-state index is 13.1. The molecular formula is C21H25F3N6O2. The molecule has 3 heterocycles. The number of nitrogens with zero attached hydrogens (tertiary/aromatic N) is 6. The molecule has 8 nitrogen and oxygen atoms in total. The Kier molecular flexibility index (Phi) is 6.07. The zero-order chi connectivity index (χ0) is 22.9. The van der Waals surface area contributed by atoms with E-state index in [9.17, 15) is 18.0 Å². The molecule has 4 rings (SSSR count). The fourth-order valence-electron chi connectivity index (χ4n) is 3.94. The molecule has 172 valence electrons. The molecule has 32 heavy (non-hydrogen) atoms. The number of amides is 1. The second kappa shape index (κ2) is 8.79. The van der Waals surface area contributed by atoms with E-state index in [0.29, 0.717) is 30.3 Å². The Morgan fingerprint density at radius 1 is 1.12 bits per heavy atom. The second-order valence-corrected chi connectivity index (χ2v) is 8.17. The van der Waals surface area contributed by atoms with Gasteiger partial charge in [0.1, 0.15) is 11.6 Å². The van der Waals surface area contributed by atoms with Crippen molar-refractivity contribution in [1.29, 1.82) is 0 Å². The van der Waals surface area contributed by atoms with Crippen LogP contribution >= 0.6 is 0 Å². The minimum Gasteiger partial charge on any atom is -0.484 e. The Bertz CT molecular complexity index is 992. The number of hydrogen-bond donors (Lipinski definition) is 0. The van der Waals surface area contributed by atoms with Gasteiger partial charge in [-0.3, -0.25) is 4.79 Å². The minimum atomic E-state index is -4.58. The highest BCUT2D eigenvalue weighted by molar-refractivity contribution is 5.83. The normalized spacial score (nSPS) is 17.0. The fraction of sp³-hybridized carbons (Fsp3) is 0.524. The lowest BCUT2D eigenvalue weighted by Crippen LogP contribution is -2.40. The molecule has 2 aliphatic heterocycles. The van der Waals surface area contributed by atoms with Crippen molar-refractivity contribution >= 4 is 11.7 Å². The average Bonchev–Trinajstić information content (AvgIpc) is 3.22. The molecule has 11 heteroatoms. The summed E-state index contributed by atoms with van der Waals surface area (Å²) in [6, 6.07) is 7.74. The third kappa shape index (κ3) is 4.71. The predicted molar refractivity (Wildman–Crippen MR) is 110 cm³/mol. The first kappa shape index (κ1) is 22.1. The van der Waals surface area contributed by atoms with Crippen molar-refractivity contribution in [2.45, 2.75) is 37.8 Å². The predicted octanol–water partition coefficient (Wildman–Crippen LogP) is 2.75. The van der Waals surface area contributed by atoms with Crippen LogP contribution in [0.15, 0.2) is 29.4 Å². The number of rotatable bonds is 4. The number of halogens is 3. The molecular weight excluding hydrogens is 425 g/mol. The number of benzene rings is 1. The van der Waals surface area contributed by atoms with E-state index in [1.807, 2.05) is 24.3 Å². The van der Waals surface area contributed by atoms with Gasteiger partial charge in [0.15, 0.2) is 12.4 Å². The van der Waals surface area contributed by atoms with Crippen LogP contribution in [0, 0.1) is 0 Å². The molecule has 0 bridgehead atoms. The zero-order valence-corrected chi connectivity index (χ0v) is 18.0. The first-order chi connectivity index (χ1) is 15.2. The summed E-state index contributed by atoms with van der Waals surface area (Å²) in [6.07, 6.45) is -1.89. The van der Waals surface area contributed by atoms with E-state index in [1.54, 1.807) is 14.1 Å². The van der Waals surface area contributed by atoms with Gasteiger partial charge in [0, 0.05) is 40.0 Å². The van der Waals surface area contributed by atoms with Crippen molar-refractivity contribution in [3.63, 3.8) is 0 Å². The standard InChI is InChI=1S/C21H25F3N6O2/c1-28(2)19(31)13-32-16-5-3-14(4-6-16)15-9-11-29(12-10-15)18-8-7-17-25-26-20(21(22,23)24)30(17)27-18/h3-6,15H,7-13H2,1-2H3. The number of carbonyl (C=O) groups excluding carboxylic acids is 1. The molecule has 1 aromatic carbocycles. The Balaban J connectivity index is 1.36. The van der Waals surface area contributed by atoms with Gasteiger partial charge in [-0.25, -0.2) is 0 Å². The van der Waals surface area contributed by atoms with Gasteiger partial charge in [-0.1, -0.05) is 12.1 Å². The van der Waals surface area contributed by atoms with E-state index in [0.717, 1.165) is 30.6 Å². The lowest BCUT2D eigenvalue weighted by Gasteiger charge is -2.35. The van der Waals surface area contributed by atoms with E-state index >= 15 is 0 Å². The topological polar surface area (TPSA) is 75.8 Å². The molecule has 0 aliphatic carbocycles. The van der Waals surface area contributed by atoms with Crippen molar-refractivity contribution in [2.75, 3.05) is 33.8 Å². The molecule has 1 amide bonds. The number of carbonyl (C=O) groups is 1. The number of fused-ring (bicyclic) bond motifs is 1. The quantitative estimate of drug-likeness (QED) is 0.716. The summed E-state index contributed by atoms with van der Waals surface area (Å²) in [7, 11) is 3.36. The summed E-state index contributed by atoms with van der Waals surface area (Å²) in [4.78, 5) is 15.2.